The van der Waals surface area contributed by atoms with Crippen molar-refractivity contribution in [3.8, 4) is 0 Å². The first kappa shape index (κ1) is 29.3. The van der Waals surface area contributed by atoms with Crippen LogP contribution in [0.5, 0.6) is 0 Å². The smallest absolute Gasteiger partial charge is 0.231 e. The molecule has 6 rings (SSSR count). The number of anilines is 1. The fraction of sp³-hybridized carbons (Fsp3) is 0.630. The number of nitrogens with one attached hydrogen (secondary N) is 1. The van der Waals surface area contributed by atoms with Crippen molar-refractivity contribution in [3.63, 3.8) is 0 Å². The lowest BCUT2D eigenvalue weighted by Gasteiger charge is -2.36. The Kier molecular flexibility index (Phi) is 10.5. The number of rotatable bonds is 7. The molecule has 4 fully saturated rings. The highest BCUT2D eigenvalue weighted by Gasteiger charge is 2.59. The van der Waals surface area contributed by atoms with Gasteiger partial charge in [-0.2, -0.15) is 5.10 Å². The minimum Gasteiger partial charge on any atom is -0.309 e. The van der Waals surface area contributed by atoms with E-state index in [1.807, 2.05) is 18.3 Å². The molecule has 36 heavy (non-hydrogen) atoms. The van der Waals surface area contributed by atoms with Gasteiger partial charge in [0.2, 0.25) is 5.91 Å². The van der Waals surface area contributed by atoms with Gasteiger partial charge in [-0.05, 0) is 77.6 Å². The molecule has 4 aliphatic carbocycles. The third-order valence-corrected chi connectivity index (χ3v) is 7.97. The maximum Gasteiger partial charge on any atom is 0.231 e. The lowest BCUT2D eigenvalue weighted by molar-refractivity contribution is -0.128. The maximum absolute atomic E-state index is 13.3. The van der Waals surface area contributed by atoms with E-state index in [2.05, 4.69) is 66.1 Å². The Balaban J connectivity index is 0.000000710. The minimum absolute atomic E-state index is 0.165. The number of fused-ring (bicyclic) bond motifs is 1. The van der Waals surface area contributed by atoms with Gasteiger partial charge in [0.25, 0.3) is 0 Å². The molecule has 2 aromatic heterocycles. The molecule has 1 amide bonds. The van der Waals surface area contributed by atoms with Crippen molar-refractivity contribution in [2.45, 2.75) is 78.4 Å². The van der Waals surface area contributed by atoms with Crippen LogP contribution in [0.3, 0.4) is 0 Å². The van der Waals surface area contributed by atoms with Gasteiger partial charge < -0.3 is 14.9 Å². The number of nitrogens with zero attached hydrogens (tertiary/aromatic N) is 5. The number of carbonyl (C=O) groups is 3. The molecule has 1 N–H and O–H groups in total. The lowest BCUT2D eigenvalue weighted by atomic mass is 9.69. The van der Waals surface area contributed by atoms with E-state index in [1.165, 1.54) is 12.8 Å². The van der Waals surface area contributed by atoms with Crippen molar-refractivity contribution in [1.82, 2.24) is 24.6 Å². The summed E-state index contributed by atoms with van der Waals surface area (Å²) in [6.45, 7) is 20.6. The first-order valence-electron chi connectivity index (χ1n) is 12.7. The van der Waals surface area contributed by atoms with Crippen LogP contribution in [0.1, 0.15) is 59.8 Å². The number of hydrogen-bond donors (Lipinski definition) is 1. The molecule has 0 saturated heterocycles. The zero-order chi connectivity index (χ0) is 27.0. The number of aromatic nitrogens is 4. The van der Waals surface area contributed by atoms with Crippen molar-refractivity contribution in [2.24, 2.45) is 23.2 Å². The Morgan fingerprint density at radius 2 is 1.64 bits per heavy atom. The molecule has 9 heteroatoms. The summed E-state index contributed by atoms with van der Waals surface area (Å²) in [5, 5.41) is 8.57. The monoisotopic (exact) mass is 498 g/mol. The molecule has 0 aromatic carbocycles. The van der Waals surface area contributed by atoms with Crippen LogP contribution in [0.4, 0.5) is 5.82 Å². The van der Waals surface area contributed by atoms with E-state index >= 15 is 0 Å². The van der Waals surface area contributed by atoms with Gasteiger partial charge in [0.05, 0.1) is 23.5 Å². The van der Waals surface area contributed by atoms with Crippen LogP contribution in [-0.4, -0.2) is 62.8 Å². The average molecular weight is 499 g/mol. The predicted molar refractivity (Wildman–Crippen MR) is 142 cm³/mol. The first-order chi connectivity index (χ1) is 17.4. The fourth-order valence-electron chi connectivity index (χ4n) is 6.81. The van der Waals surface area contributed by atoms with Crippen molar-refractivity contribution < 1.29 is 14.4 Å². The van der Waals surface area contributed by atoms with E-state index < -0.39 is 0 Å². The van der Waals surface area contributed by atoms with Crippen molar-refractivity contribution >= 4 is 36.3 Å². The van der Waals surface area contributed by atoms with Gasteiger partial charge in [-0.1, -0.05) is 0 Å². The van der Waals surface area contributed by atoms with E-state index in [9.17, 15) is 4.79 Å². The van der Waals surface area contributed by atoms with Gasteiger partial charge in [-0.15, -0.1) is 13.2 Å². The molecule has 0 spiro atoms. The molecular formula is C27H42N6O3. The van der Waals surface area contributed by atoms with Crippen LogP contribution in [0.25, 0.3) is 11.0 Å². The van der Waals surface area contributed by atoms with E-state index in [1.54, 1.807) is 12.5 Å². The topological polar surface area (TPSA) is 110 Å². The molecule has 2 aromatic rings. The lowest BCUT2D eigenvalue weighted by Crippen LogP contribution is -2.39. The zero-order valence-electron chi connectivity index (χ0n) is 22.3. The van der Waals surface area contributed by atoms with Crippen molar-refractivity contribution in [1.29, 1.82) is 0 Å². The summed E-state index contributed by atoms with van der Waals surface area (Å²) in [4.78, 5) is 40.7. The van der Waals surface area contributed by atoms with E-state index in [0.29, 0.717) is 17.9 Å². The van der Waals surface area contributed by atoms with Crippen LogP contribution < -0.4 is 5.32 Å². The molecule has 198 valence electrons. The van der Waals surface area contributed by atoms with Gasteiger partial charge in [0.1, 0.15) is 25.7 Å². The summed E-state index contributed by atoms with van der Waals surface area (Å²) in [5.74, 6) is 3.07. The summed E-state index contributed by atoms with van der Waals surface area (Å²) in [5.41, 5.74) is 0.625. The molecule has 9 nitrogen and oxygen atoms in total. The quantitative estimate of drug-likeness (QED) is 0.571. The molecule has 4 bridgehead atoms. The van der Waals surface area contributed by atoms with Gasteiger partial charge in [0.15, 0.2) is 5.65 Å². The highest BCUT2D eigenvalue weighted by atomic mass is 16.2. The predicted octanol–water partition coefficient (Wildman–Crippen LogP) is 4.14. The van der Waals surface area contributed by atoms with Gasteiger partial charge >= 0.3 is 0 Å². The summed E-state index contributed by atoms with van der Waals surface area (Å²) in [6.07, 6.45) is 9.21. The van der Waals surface area contributed by atoms with Crippen LogP contribution in [-0.2, 0) is 20.9 Å². The molecular weight excluding hydrogens is 456 g/mol. The molecule has 4 saturated carbocycles. The molecule has 2 unspecified atom stereocenters. The van der Waals surface area contributed by atoms with Crippen molar-refractivity contribution in [3.05, 3.63) is 25.7 Å². The zero-order valence-corrected chi connectivity index (χ0v) is 22.3. The maximum atomic E-state index is 13.3. The normalized spacial score (nSPS) is 25.1. The Morgan fingerprint density at radius 3 is 2.17 bits per heavy atom. The van der Waals surface area contributed by atoms with Crippen LogP contribution >= 0.6 is 0 Å². The Morgan fingerprint density at radius 1 is 1.06 bits per heavy atom. The van der Waals surface area contributed by atoms with Crippen molar-refractivity contribution in [2.75, 3.05) is 11.9 Å². The standard InChI is InChI=1S/C23H34N6O.C2H4.2CH2O/c1-14(2)28(15(3)4)5-6-29-21-19(12-26-29)20(24-13-25-21)27-22(30)23-9-16-7-17(10-23)18(8-16)11-23;3*1-2/h12-18H,5-11H2,1-4H3,(H,24,25,27,30);1-2H2;2*1H2. The summed E-state index contributed by atoms with van der Waals surface area (Å²) >= 11 is 0. The average Bonchev–Trinajstić information content (AvgIpc) is 3.51. The summed E-state index contributed by atoms with van der Waals surface area (Å²) in [7, 11) is 0. The van der Waals surface area contributed by atoms with Crippen LogP contribution in [0.15, 0.2) is 25.7 Å². The van der Waals surface area contributed by atoms with E-state index in [-0.39, 0.29) is 11.3 Å². The van der Waals surface area contributed by atoms with E-state index in [0.717, 1.165) is 61.1 Å². The number of amides is 1. The van der Waals surface area contributed by atoms with Gasteiger partial charge in [0, 0.05) is 18.6 Å². The SMILES string of the molecule is C=C.C=O.C=O.CC(C)N(CCn1ncc2c(NC(=O)C34CC5CC(C3)C(C5)C4)ncnc21)C(C)C. The second-order valence-electron chi connectivity index (χ2n) is 10.5. The third-order valence-electron chi connectivity index (χ3n) is 7.97. The van der Waals surface area contributed by atoms with Crippen LogP contribution in [0, 0.1) is 23.2 Å². The number of carbonyl (C=O) groups excluding carboxylic acids is 3. The van der Waals surface area contributed by atoms with Gasteiger partial charge in [-0.3, -0.25) is 9.69 Å². The first-order valence-corrected chi connectivity index (χ1v) is 12.7. The Labute approximate surface area is 214 Å². The van der Waals surface area contributed by atoms with Gasteiger partial charge in [-0.25, -0.2) is 14.6 Å². The highest BCUT2D eigenvalue weighted by Crippen LogP contribution is 2.64. The fourth-order valence-corrected chi connectivity index (χ4v) is 6.81. The largest absolute Gasteiger partial charge is 0.309 e. The summed E-state index contributed by atoms with van der Waals surface area (Å²) in [6, 6.07) is 0.958. The second kappa shape index (κ2) is 12.9. The van der Waals surface area contributed by atoms with Crippen LogP contribution in [0.2, 0.25) is 0 Å². The Bertz CT molecular complexity index is 974. The Hall–Kier alpha value is -2.94. The highest BCUT2D eigenvalue weighted by molar-refractivity contribution is 6.01. The molecule has 0 radical (unpaired) electrons. The third kappa shape index (κ3) is 5.72. The molecule has 4 aliphatic rings. The minimum atomic E-state index is -0.168. The van der Waals surface area contributed by atoms with E-state index in [4.69, 9.17) is 9.59 Å². The molecule has 2 atom stereocenters. The second-order valence-corrected chi connectivity index (χ2v) is 10.5. The summed E-state index contributed by atoms with van der Waals surface area (Å²) < 4.78 is 1.93. The molecule has 2 heterocycles. The number of hydrogen-bond acceptors (Lipinski definition) is 7. The molecule has 0 aliphatic heterocycles.